The number of fused-ring (bicyclic) bond motifs is 2. The molecule has 0 amide bonds. The molecule has 2 fully saturated rings. The van der Waals surface area contributed by atoms with Gasteiger partial charge in [-0.3, -0.25) is 0 Å². The van der Waals surface area contributed by atoms with Crippen LogP contribution in [0.1, 0.15) is 53.4 Å². The van der Waals surface area contributed by atoms with Gasteiger partial charge in [0, 0.05) is 0 Å². The molecule has 0 spiro atoms. The number of para-hydroxylation sites is 2. The highest BCUT2D eigenvalue weighted by atomic mass is 15.0. The highest BCUT2D eigenvalue weighted by Gasteiger charge is 2.48. The molecule has 3 heteroatoms. The maximum Gasteiger partial charge on any atom is 0.0624 e. The van der Waals surface area contributed by atoms with Crippen LogP contribution in [0.5, 0.6) is 0 Å². The highest BCUT2D eigenvalue weighted by molar-refractivity contribution is 5.89. The molecule has 3 aliphatic rings. The minimum Gasteiger partial charge on any atom is -0.352 e. The first-order valence-corrected chi connectivity index (χ1v) is 9.69. The fourth-order valence-electron chi connectivity index (χ4n) is 3.56. The summed E-state index contributed by atoms with van der Waals surface area (Å²) in [4.78, 5) is 0. The van der Waals surface area contributed by atoms with Crippen LogP contribution in [0.4, 0.5) is 11.4 Å². The molecule has 26 heavy (non-hydrogen) atoms. The Labute approximate surface area is 164 Å². The Morgan fingerprint density at radius 2 is 1.38 bits per heavy atom. The molecule has 1 aliphatic heterocycles. The van der Waals surface area contributed by atoms with Crippen molar-refractivity contribution in [2.75, 3.05) is 19.4 Å². The van der Waals surface area contributed by atoms with Crippen molar-refractivity contribution in [2.24, 2.45) is 28.7 Å². The fourth-order valence-corrected chi connectivity index (χ4v) is 3.56. The van der Waals surface area contributed by atoms with E-state index >= 15 is 0 Å². The van der Waals surface area contributed by atoms with Gasteiger partial charge in [-0.05, 0) is 69.2 Å². The Balaban J connectivity index is -0.000000280. The zero-order valence-electron chi connectivity index (χ0n) is 18.3. The van der Waals surface area contributed by atoms with Gasteiger partial charge in [0.15, 0.2) is 0 Å². The topological polar surface area (TPSA) is 74.0 Å². The second-order valence-corrected chi connectivity index (χ2v) is 6.11. The molecular weight excluding hydrogens is 318 g/mol. The molecule has 1 aromatic carbocycles. The van der Waals surface area contributed by atoms with E-state index in [0.29, 0.717) is 0 Å². The number of benzene rings is 1. The Bertz CT molecular complexity index is 410. The van der Waals surface area contributed by atoms with Crippen LogP contribution in [0.3, 0.4) is 0 Å². The van der Waals surface area contributed by atoms with Crippen LogP contribution in [0.25, 0.3) is 0 Å². The molecule has 4 rings (SSSR count). The smallest absolute Gasteiger partial charge is 0.0624 e. The van der Waals surface area contributed by atoms with Crippen molar-refractivity contribution in [2.45, 2.75) is 53.4 Å². The molecule has 1 aromatic rings. The van der Waals surface area contributed by atoms with Gasteiger partial charge >= 0.3 is 0 Å². The van der Waals surface area contributed by atoms with E-state index in [-0.39, 0.29) is 0 Å². The van der Waals surface area contributed by atoms with Gasteiger partial charge in [-0.2, -0.15) is 0 Å². The molecule has 2 saturated carbocycles. The first-order chi connectivity index (χ1) is 12.7. The molecule has 3 nitrogen and oxygen atoms in total. The summed E-state index contributed by atoms with van der Waals surface area (Å²) in [5, 5.41) is 3.09. The third-order valence-corrected chi connectivity index (χ3v) is 4.69. The molecule has 3 unspecified atom stereocenters. The lowest BCUT2D eigenvalue weighted by molar-refractivity contribution is 0.0877. The van der Waals surface area contributed by atoms with Gasteiger partial charge in [0.2, 0.25) is 0 Å². The molecule has 0 aromatic heterocycles. The molecule has 0 bridgehead atoms. The van der Waals surface area contributed by atoms with Gasteiger partial charge in [0.1, 0.15) is 0 Å². The second-order valence-electron chi connectivity index (χ2n) is 6.11. The normalized spacial score (nSPS) is 23.8. The minimum atomic E-state index is 0.805. The third-order valence-electron chi connectivity index (χ3n) is 4.69. The van der Waals surface area contributed by atoms with E-state index in [9.17, 15) is 0 Å². The average molecular weight is 364 g/mol. The lowest BCUT2D eigenvalue weighted by Crippen LogP contribution is -2.31. The monoisotopic (exact) mass is 363 g/mol. The highest BCUT2D eigenvalue weighted by Crippen LogP contribution is 2.58. The van der Waals surface area contributed by atoms with Crippen LogP contribution in [0.15, 0.2) is 50.6 Å². The van der Waals surface area contributed by atoms with Crippen molar-refractivity contribution >= 4 is 11.4 Å². The molecule has 2 aliphatic carbocycles. The average Bonchev–Trinajstić information content (AvgIpc) is 3.49. The third kappa shape index (κ3) is 9.79. The molecule has 3 atom stereocenters. The zero-order valence-corrected chi connectivity index (χ0v) is 18.3. The molecule has 1 heterocycles. The van der Waals surface area contributed by atoms with Crippen molar-refractivity contribution in [1.82, 2.24) is 0 Å². The van der Waals surface area contributed by atoms with Crippen LogP contribution < -0.4 is 16.8 Å². The van der Waals surface area contributed by atoms with Crippen molar-refractivity contribution in [3.8, 4) is 0 Å². The van der Waals surface area contributed by atoms with Gasteiger partial charge in [-0.15, -0.1) is 26.3 Å². The summed E-state index contributed by atoms with van der Waals surface area (Å²) >= 11 is 0. The van der Waals surface area contributed by atoms with E-state index in [1.165, 1.54) is 51.2 Å². The van der Waals surface area contributed by atoms with E-state index in [1.807, 2.05) is 26.0 Å². The number of anilines is 2. The Morgan fingerprint density at radius 3 is 1.58 bits per heavy atom. The summed E-state index contributed by atoms with van der Waals surface area (Å²) < 4.78 is 0. The summed E-state index contributed by atoms with van der Waals surface area (Å²) in [5.41, 5.74) is 12.4. The largest absolute Gasteiger partial charge is 0.352 e. The van der Waals surface area contributed by atoms with Crippen molar-refractivity contribution in [3.05, 3.63) is 50.6 Å². The summed E-state index contributed by atoms with van der Waals surface area (Å²) in [7, 11) is 3.00. The predicted molar refractivity (Wildman–Crippen MR) is 123 cm³/mol. The van der Waals surface area contributed by atoms with Gasteiger partial charge in [-0.1, -0.05) is 39.8 Å². The molecule has 0 saturated heterocycles. The number of rotatable bonds is 0. The summed E-state index contributed by atoms with van der Waals surface area (Å²) in [5.74, 6) is 2.15. The van der Waals surface area contributed by atoms with Crippen molar-refractivity contribution in [3.63, 3.8) is 0 Å². The van der Waals surface area contributed by atoms with Gasteiger partial charge in [0.05, 0.1) is 11.4 Å². The fraction of sp³-hybridized carbons (Fsp3) is 0.565. The van der Waals surface area contributed by atoms with Crippen LogP contribution in [-0.4, -0.2) is 14.1 Å². The van der Waals surface area contributed by atoms with E-state index in [1.54, 1.807) is 0 Å². The minimum absolute atomic E-state index is 0.805. The van der Waals surface area contributed by atoms with Crippen LogP contribution in [0.2, 0.25) is 0 Å². The summed E-state index contributed by atoms with van der Waals surface area (Å²) in [6.07, 6.45) is 6.08. The standard InChI is InChI=1S/C9H16.C6H5N.C2H6.2C2H4.2CH5N/c1-7-5-8-3-4-9(8,2)6-7;1-2-4-6-5(3-1)7-6;5*1-2/h7-8H,3-6H2,1-2H3;1-4,7H;1-2H3;2*1-2H2;2*2H2,1H3. The molecule has 5 N–H and O–H groups in total. The van der Waals surface area contributed by atoms with Gasteiger partial charge < -0.3 is 16.8 Å². The van der Waals surface area contributed by atoms with E-state index in [0.717, 1.165) is 17.3 Å². The van der Waals surface area contributed by atoms with Gasteiger partial charge in [0.25, 0.3) is 0 Å². The SMILES string of the molecule is C=C.C=C.CC.CC1CC2CCC2(C)C1.CN.CN.c1ccc2c(c1)N2. The lowest BCUT2D eigenvalue weighted by atomic mass is 9.63. The maximum atomic E-state index is 4.50. The first-order valence-electron chi connectivity index (χ1n) is 9.69. The van der Waals surface area contributed by atoms with Crippen molar-refractivity contribution < 1.29 is 0 Å². The number of hydrogen-bond acceptors (Lipinski definition) is 3. The molecule has 152 valence electrons. The van der Waals surface area contributed by atoms with Gasteiger partial charge in [-0.25, -0.2) is 0 Å². The number of nitrogens with one attached hydrogen (secondary N) is 1. The predicted octanol–water partition coefficient (Wildman–Crippen LogP) is 6.36. The quantitative estimate of drug-likeness (QED) is 0.377. The summed E-state index contributed by atoms with van der Waals surface area (Å²) in [6.45, 7) is 20.9. The van der Waals surface area contributed by atoms with Crippen LogP contribution in [-0.2, 0) is 0 Å². The van der Waals surface area contributed by atoms with E-state index < -0.39 is 0 Å². The Hall–Kier alpha value is -1.58. The maximum absolute atomic E-state index is 4.50. The van der Waals surface area contributed by atoms with E-state index in [4.69, 9.17) is 0 Å². The summed E-state index contributed by atoms with van der Waals surface area (Å²) in [6, 6.07) is 8.18. The number of hydrogen-bond donors (Lipinski definition) is 3. The van der Waals surface area contributed by atoms with Crippen LogP contribution in [0, 0.1) is 17.3 Å². The van der Waals surface area contributed by atoms with Crippen molar-refractivity contribution in [1.29, 1.82) is 0 Å². The number of nitrogens with two attached hydrogens (primary N) is 2. The zero-order chi connectivity index (χ0) is 21.2. The molecular formula is C23H45N3. The van der Waals surface area contributed by atoms with Crippen LogP contribution >= 0.6 is 0 Å². The Morgan fingerprint density at radius 1 is 0.962 bits per heavy atom. The lowest BCUT2D eigenvalue weighted by Gasteiger charge is -2.42. The Kier molecular flexibility index (Phi) is 20.5. The first kappa shape index (κ1) is 29.2. The molecule has 0 radical (unpaired) electrons. The van der Waals surface area contributed by atoms with E-state index in [2.05, 4.69) is 69.1 Å². The second kappa shape index (κ2) is 18.2.